The fraction of sp³-hybridized carbons (Fsp3) is 0. The summed E-state index contributed by atoms with van der Waals surface area (Å²) in [4.78, 5) is 4.63. The second-order valence-corrected chi connectivity index (χ2v) is 7.15. The lowest BCUT2D eigenvalue weighted by Gasteiger charge is -2.06. The summed E-state index contributed by atoms with van der Waals surface area (Å²) in [5.74, 6) is 0. The first kappa shape index (κ1) is 16.3. The maximum Gasteiger partial charge on any atom is 0.102 e. The van der Waals surface area contributed by atoms with E-state index in [0.717, 1.165) is 38.8 Å². The molecule has 0 amide bonds. The van der Waals surface area contributed by atoms with E-state index in [1.807, 2.05) is 77.6 Å². The molecular formula is C22H13Cl2N3. The summed E-state index contributed by atoms with van der Waals surface area (Å²) < 4.78 is 1.96. The Balaban J connectivity index is 1.88. The molecule has 0 bridgehead atoms. The van der Waals surface area contributed by atoms with E-state index in [2.05, 4.69) is 11.1 Å². The van der Waals surface area contributed by atoms with Crippen LogP contribution in [0.15, 0.2) is 79.0 Å². The molecule has 0 aliphatic heterocycles. The van der Waals surface area contributed by atoms with Gasteiger partial charge in [-0.2, -0.15) is 5.10 Å². The largest absolute Gasteiger partial charge is 0.255 e. The Hall–Kier alpha value is -2.88. The van der Waals surface area contributed by atoms with E-state index >= 15 is 0 Å². The molecule has 3 aromatic carbocycles. The third-order valence-corrected chi connectivity index (χ3v) is 5.11. The van der Waals surface area contributed by atoms with Gasteiger partial charge in [0.05, 0.1) is 16.7 Å². The van der Waals surface area contributed by atoms with Crippen LogP contribution in [0.4, 0.5) is 0 Å². The summed E-state index contributed by atoms with van der Waals surface area (Å²) >= 11 is 12.1. The highest BCUT2D eigenvalue weighted by Crippen LogP contribution is 2.34. The minimum atomic E-state index is 0.694. The van der Waals surface area contributed by atoms with Crippen LogP contribution in [0.3, 0.4) is 0 Å². The van der Waals surface area contributed by atoms with E-state index < -0.39 is 0 Å². The summed E-state index contributed by atoms with van der Waals surface area (Å²) in [6.07, 6.45) is 1.89. The van der Waals surface area contributed by atoms with Crippen molar-refractivity contribution in [3.8, 4) is 16.9 Å². The van der Waals surface area contributed by atoms with Crippen LogP contribution in [0, 0.1) is 0 Å². The van der Waals surface area contributed by atoms with Gasteiger partial charge in [-0.25, -0.2) is 4.68 Å². The number of fused-ring (bicyclic) bond motifs is 3. The Kier molecular flexibility index (Phi) is 3.85. The Morgan fingerprint density at radius 1 is 0.704 bits per heavy atom. The number of hydrogen-bond donors (Lipinski definition) is 0. The lowest BCUT2D eigenvalue weighted by Crippen LogP contribution is -1.97. The van der Waals surface area contributed by atoms with Crippen molar-refractivity contribution in [2.45, 2.75) is 0 Å². The number of benzene rings is 3. The van der Waals surface area contributed by atoms with E-state index in [0.29, 0.717) is 10.0 Å². The van der Waals surface area contributed by atoms with Gasteiger partial charge in [-0.3, -0.25) is 4.98 Å². The Morgan fingerprint density at radius 3 is 2.11 bits per heavy atom. The molecule has 130 valence electrons. The maximum absolute atomic E-state index is 6.08. The lowest BCUT2D eigenvalue weighted by molar-refractivity contribution is 0.918. The van der Waals surface area contributed by atoms with Gasteiger partial charge in [-0.15, -0.1) is 0 Å². The smallest absolute Gasteiger partial charge is 0.102 e. The molecule has 0 aliphatic carbocycles. The average molecular weight is 390 g/mol. The molecule has 0 saturated heterocycles. The molecule has 2 aromatic heterocycles. The van der Waals surface area contributed by atoms with Crippen molar-refractivity contribution in [3.63, 3.8) is 0 Å². The first-order valence-corrected chi connectivity index (χ1v) is 9.25. The van der Waals surface area contributed by atoms with E-state index in [-0.39, 0.29) is 0 Å². The van der Waals surface area contributed by atoms with Crippen molar-refractivity contribution in [3.05, 3.63) is 89.0 Å². The van der Waals surface area contributed by atoms with Crippen LogP contribution in [0.1, 0.15) is 0 Å². The normalized spacial score (nSPS) is 11.3. The molecule has 0 atom stereocenters. The number of para-hydroxylation sites is 1. The van der Waals surface area contributed by atoms with Crippen LogP contribution in [-0.2, 0) is 0 Å². The monoisotopic (exact) mass is 389 g/mol. The van der Waals surface area contributed by atoms with Crippen molar-refractivity contribution in [1.82, 2.24) is 14.8 Å². The van der Waals surface area contributed by atoms with Crippen LogP contribution in [0.25, 0.3) is 38.8 Å². The summed E-state index contributed by atoms with van der Waals surface area (Å²) in [6.45, 7) is 0. The van der Waals surface area contributed by atoms with Crippen molar-refractivity contribution in [1.29, 1.82) is 0 Å². The van der Waals surface area contributed by atoms with E-state index in [4.69, 9.17) is 28.3 Å². The highest BCUT2D eigenvalue weighted by molar-refractivity contribution is 6.31. The predicted octanol–water partition coefficient (Wildman–Crippen LogP) is 6.55. The van der Waals surface area contributed by atoms with Gasteiger partial charge in [0.25, 0.3) is 0 Å². The second-order valence-electron chi connectivity index (χ2n) is 6.28. The van der Waals surface area contributed by atoms with Gasteiger partial charge in [0.1, 0.15) is 5.69 Å². The molecule has 2 heterocycles. The Bertz CT molecular complexity index is 1270. The maximum atomic E-state index is 6.08. The summed E-state index contributed by atoms with van der Waals surface area (Å²) in [6, 6.07) is 23.5. The van der Waals surface area contributed by atoms with E-state index in [1.54, 1.807) is 0 Å². The Labute approximate surface area is 165 Å². The molecule has 3 nitrogen and oxygen atoms in total. The summed E-state index contributed by atoms with van der Waals surface area (Å²) in [5.41, 5.74) is 4.76. The average Bonchev–Trinajstić information content (AvgIpc) is 3.09. The highest BCUT2D eigenvalue weighted by Gasteiger charge is 2.16. The predicted molar refractivity (Wildman–Crippen MR) is 112 cm³/mol. The Morgan fingerprint density at radius 2 is 1.37 bits per heavy atom. The molecule has 0 radical (unpaired) electrons. The molecule has 5 rings (SSSR count). The van der Waals surface area contributed by atoms with Gasteiger partial charge in [-0.1, -0.05) is 53.5 Å². The number of rotatable bonds is 2. The van der Waals surface area contributed by atoms with E-state index in [9.17, 15) is 0 Å². The number of halogens is 2. The zero-order valence-electron chi connectivity index (χ0n) is 14.1. The van der Waals surface area contributed by atoms with Crippen LogP contribution in [0.5, 0.6) is 0 Å². The zero-order chi connectivity index (χ0) is 18.4. The summed E-state index contributed by atoms with van der Waals surface area (Å²) in [7, 11) is 0. The molecule has 0 aliphatic rings. The van der Waals surface area contributed by atoms with Crippen LogP contribution >= 0.6 is 23.2 Å². The molecule has 0 spiro atoms. The third-order valence-electron chi connectivity index (χ3n) is 4.60. The first-order chi connectivity index (χ1) is 13.2. The third kappa shape index (κ3) is 2.76. The van der Waals surface area contributed by atoms with Gasteiger partial charge in [0.15, 0.2) is 0 Å². The van der Waals surface area contributed by atoms with Crippen LogP contribution in [0.2, 0.25) is 10.0 Å². The fourth-order valence-electron chi connectivity index (χ4n) is 3.32. The summed E-state index contributed by atoms with van der Waals surface area (Å²) in [5, 5.41) is 8.37. The number of aromatic nitrogens is 3. The van der Waals surface area contributed by atoms with Crippen molar-refractivity contribution < 1.29 is 0 Å². The zero-order valence-corrected chi connectivity index (χ0v) is 15.6. The van der Waals surface area contributed by atoms with Crippen molar-refractivity contribution in [2.24, 2.45) is 0 Å². The van der Waals surface area contributed by atoms with Gasteiger partial charge < -0.3 is 0 Å². The number of nitrogens with zero attached hydrogens (tertiary/aromatic N) is 3. The van der Waals surface area contributed by atoms with Crippen molar-refractivity contribution in [2.75, 3.05) is 0 Å². The SMILES string of the molecule is Clc1ccc(-c2nn(-c3ccc(Cl)cc3)c3c2cnc2ccccc23)cc1. The molecule has 5 aromatic rings. The topological polar surface area (TPSA) is 30.7 Å². The molecule has 27 heavy (non-hydrogen) atoms. The minimum absolute atomic E-state index is 0.694. The van der Waals surface area contributed by atoms with Crippen molar-refractivity contribution >= 4 is 45.0 Å². The van der Waals surface area contributed by atoms with E-state index in [1.165, 1.54) is 0 Å². The molecule has 0 N–H and O–H groups in total. The molecule has 0 saturated carbocycles. The molecule has 5 heteroatoms. The second kappa shape index (κ2) is 6.38. The minimum Gasteiger partial charge on any atom is -0.255 e. The molecule has 0 unspecified atom stereocenters. The first-order valence-electron chi connectivity index (χ1n) is 8.49. The van der Waals surface area contributed by atoms with Crippen LogP contribution < -0.4 is 0 Å². The standard InChI is InChI=1S/C22H13Cl2N3/c23-15-7-5-14(6-8-15)21-19-13-25-20-4-2-1-3-18(20)22(19)27(26-21)17-11-9-16(24)10-12-17/h1-13H. The molecule has 0 fully saturated rings. The van der Waals surface area contributed by atoms with Gasteiger partial charge in [0.2, 0.25) is 0 Å². The molecular weight excluding hydrogens is 377 g/mol. The van der Waals surface area contributed by atoms with Crippen LogP contribution in [-0.4, -0.2) is 14.8 Å². The van der Waals surface area contributed by atoms with Gasteiger partial charge >= 0.3 is 0 Å². The lowest BCUT2D eigenvalue weighted by atomic mass is 10.1. The fourth-order valence-corrected chi connectivity index (χ4v) is 3.57. The number of pyridine rings is 1. The van der Waals surface area contributed by atoms with Gasteiger partial charge in [-0.05, 0) is 42.5 Å². The highest BCUT2D eigenvalue weighted by atomic mass is 35.5. The number of hydrogen-bond acceptors (Lipinski definition) is 2. The quantitative estimate of drug-likeness (QED) is 0.342. The van der Waals surface area contributed by atoms with Gasteiger partial charge in [0, 0.05) is 32.6 Å².